The first-order valence-corrected chi connectivity index (χ1v) is 8.65. The molecule has 0 amide bonds. The molecule has 0 saturated carbocycles. The third-order valence-corrected chi connectivity index (χ3v) is 5.27. The molecule has 2 heterocycles. The summed E-state index contributed by atoms with van der Waals surface area (Å²) in [6.45, 7) is 0. The zero-order valence-electron chi connectivity index (χ0n) is 12.1. The minimum absolute atomic E-state index is 0.183. The van der Waals surface area contributed by atoms with Crippen LogP contribution in [0.5, 0.6) is 0 Å². The molecule has 2 aliphatic rings. The molecular weight excluding hydrogens is 333 g/mol. The van der Waals surface area contributed by atoms with Gasteiger partial charge in [-0.25, -0.2) is 14.4 Å². The molecule has 1 unspecified atom stereocenters. The van der Waals surface area contributed by atoms with Gasteiger partial charge in [0.25, 0.3) is 0 Å². The molecule has 0 N–H and O–H groups in total. The smallest absolute Gasteiger partial charge is 0.185 e. The Morgan fingerprint density at radius 2 is 2.09 bits per heavy atom. The van der Waals surface area contributed by atoms with Crippen LogP contribution in [0.25, 0.3) is 0 Å². The molecule has 0 saturated heterocycles. The van der Waals surface area contributed by atoms with E-state index in [1.807, 2.05) is 29.4 Å². The molecule has 0 bridgehead atoms. The quantitative estimate of drug-likeness (QED) is 0.753. The Labute approximate surface area is 142 Å². The first kappa shape index (κ1) is 14.7. The summed E-state index contributed by atoms with van der Waals surface area (Å²) in [6, 6.07) is 13.0. The van der Waals surface area contributed by atoms with Crippen LogP contribution in [0.4, 0.5) is 10.1 Å². The van der Waals surface area contributed by atoms with E-state index in [1.54, 1.807) is 12.1 Å². The Morgan fingerprint density at radius 3 is 2.96 bits per heavy atom. The van der Waals surface area contributed by atoms with Crippen molar-refractivity contribution in [1.29, 1.82) is 0 Å². The molecule has 1 atom stereocenters. The van der Waals surface area contributed by atoms with Gasteiger partial charge >= 0.3 is 0 Å². The number of thioether (sulfide) groups is 1. The van der Waals surface area contributed by atoms with Crippen molar-refractivity contribution >= 4 is 40.4 Å². The number of benzene rings is 2. The summed E-state index contributed by atoms with van der Waals surface area (Å²) in [6.07, 6.45) is 2.76. The second-order valence-corrected chi connectivity index (χ2v) is 6.69. The molecule has 0 radical (unpaired) electrons. The van der Waals surface area contributed by atoms with Crippen LogP contribution >= 0.6 is 23.4 Å². The summed E-state index contributed by atoms with van der Waals surface area (Å²) in [5, 5.41) is 7.56. The van der Waals surface area contributed by atoms with Crippen LogP contribution in [-0.2, 0) is 5.75 Å². The standard InChI is InChI=1S/C17H13ClFN3S/c18-13-5-3-6-14(19)12(13)10-23-17-21-15-7-2-1-4-11(15)16-8-9-20-22(16)17/h1-7,9,16H,8,10H2. The number of amidine groups is 1. The van der Waals surface area contributed by atoms with Crippen molar-refractivity contribution in [2.45, 2.75) is 18.2 Å². The molecule has 23 heavy (non-hydrogen) atoms. The van der Waals surface area contributed by atoms with Crippen molar-refractivity contribution in [3.8, 4) is 0 Å². The van der Waals surface area contributed by atoms with E-state index in [4.69, 9.17) is 11.6 Å². The minimum atomic E-state index is -0.289. The van der Waals surface area contributed by atoms with Gasteiger partial charge in [0.05, 0.1) is 11.7 Å². The van der Waals surface area contributed by atoms with E-state index in [0.717, 1.165) is 17.3 Å². The predicted octanol–water partition coefficient (Wildman–Crippen LogP) is 5.15. The summed E-state index contributed by atoms with van der Waals surface area (Å²) in [5.74, 6) is 0.133. The maximum atomic E-state index is 13.9. The molecule has 2 aromatic carbocycles. The van der Waals surface area contributed by atoms with Gasteiger partial charge in [0, 0.05) is 34.5 Å². The van der Waals surface area contributed by atoms with Crippen LogP contribution in [0.2, 0.25) is 5.02 Å². The highest BCUT2D eigenvalue weighted by Gasteiger charge is 2.32. The summed E-state index contributed by atoms with van der Waals surface area (Å²) in [5.41, 5.74) is 2.64. The maximum absolute atomic E-state index is 13.9. The third-order valence-electron chi connectivity index (χ3n) is 3.95. The molecule has 6 heteroatoms. The van der Waals surface area contributed by atoms with Crippen LogP contribution in [0.3, 0.4) is 0 Å². The van der Waals surface area contributed by atoms with Crippen LogP contribution in [0.1, 0.15) is 23.6 Å². The predicted molar refractivity (Wildman–Crippen MR) is 93.9 cm³/mol. The molecule has 2 aromatic rings. The fourth-order valence-corrected chi connectivity index (χ4v) is 4.13. The van der Waals surface area contributed by atoms with Crippen molar-refractivity contribution < 1.29 is 4.39 Å². The average molecular weight is 346 g/mol. The Bertz CT molecular complexity index is 801. The monoisotopic (exact) mass is 345 g/mol. The Morgan fingerprint density at radius 1 is 1.22 bits per heavy atom. The Balaban J connectivity index is 1.64. The first-order chi connectivity index (χ1) is 11.2. The number of hydrogen-bond acceptors (Lipinski definition) is 4. The fourth-order valence-electron chi connectivity index (χ4n) is 2.79. The lowest BCUT2D eigenvalue weighted by Gasteiger charge is -2.29. The van der Waals surface area contributed by atoms with Crippen LogP contribution in [-0.4, -0.2) is 16.4 Å². The van der Waals surface area contributed by atoms with Crippen molar-refractivity contribution in [3.05, 3.63) is 64.4 Å². The normalized spacial score (nSPS) is 18.6. The van der Waals surface area contributed by atoms with Crippen molar-refractivity contribution in [1.82, 2.24) is 5.01 Å². The highest BCUT2D eigenvalue weighted by atomic mass is 35.5. The second-order valence-electron chi connectivity index (χ2n) is 5.34. The highest BCUT2D eigenvalue weighted by molar-refractivity contribution is 8.13. The lowest BCUT2D eigenvalue weighted by atomic mass is 10.0. The Kier molecular flexibility index (Phi) is 3.83. The van der Waals surface area contributed by atoms with Gasteiger partial charge in [0.15, 0.2) is 5.17 Å². The van der Waals surface area contributed by atoms with Gasteiger partial charge in [-0.2, -0.15) is 5.10 Å². The van der Waals surface area contributed by atoms with Gasteiger partial charge in [-0.15, -0.1) is 0 Å². The Hall–Kier alpha value is -1.85. The third kappa shape index (κ3) is 2.64. The molecule has 0 fully saturated rings. The maximum Gasteiger partial charge on any atom is 0.185 e. The van der Waals surface area contributed by atoms with E-state index < -0.39 is 0 Å². The highest BCUT2D eigenvalue weighted by Crippen LogP contribution is 2.41. The van der Waals surface area contributed by atoms with Crippen molar-refractivity contribution in [3.63, 3.8) is 0 Å². The van der Waals surface area contributed by atoms with Gasteiger partial charge < -0.3 is 0 Å². The van der Waals surface area contributed by atoms with Gasteiger partial charge in [-0.05, 0) is 18.2 Å². The molecule has 0 aromatic heterocycles. The number of nitrogens with zero attached hydrogens (tertiary/aromatic N) is 3. The zero-order valence-corrected chi connectivity index (χ0v) is 13.7. The van der Waals surface area contributed by atoms with Gasteiger partial charge in [-0.3, -0.25) is 0 Å². The van der Waals surface area contributed by atoms with E-state index in [9.17, 15) is 4.39 Å². The number of para-hydroxylation sites is 1. The summed E-state index contributed by atoms with van der Waals surface area (Å²) in [7, 11) is 0. The molecular formula is C17H13ClFN3S. The average Bonchev–Trinajstić information content (AvgIpc) is 3.04. The van der Waals surface area contributed by atoms with Crippen LogP contribution < -0.4 is 0 Å². The fraction of sp³-hybridized carbons (Fsp3) is 0.176. The van der Waals surface area contributed by atoms with Crippen molar-refractivity contribution in [2.24, 2.45) is 10.1 Å². The van der Waals surface area contributed by atoms with Crippen LogP contribution in [0.15, 0.2) is 52.6 Å². The topological polar surface area (TPSA) is 28.0 Å². The molecule has 0 aliphatic carbocycles. The van der Waals surface area contributed by atoms with E-state index in [2.05, 4.69) is 16.2 Å². The molecule has 116 valence electrons. The molecule has 0 spiro atoms. The first-order valence-electron chi connectivity index (χ1n) is 7.29. The van der Waals surface area contributed by atoms with Crippen molar-refractivity contribution in [2.75, 3.05) is 0 Å². The van der Waals surface area contributed by atoms with E-state index in [0.29, 0.717) is 16.3 Å². The number of rotatable bonds is 2. The summed E-state index contributed by atoms with van der Waals surface area (Å²) < 4.78 is 13.9. The van der Waals surface area contributed by atoms with E-state index in [-0.39, 0.29) is 11.9 Å². The molecule has 4 rings (SSSR count). The van der Waals surface area contributed by atoms with Crippen LogP contribution in [0, 0.1) is 5.82 Å². The minimum Gasteiger partial charge on any atom is -0.235 e. The second kappa shape index (κ2) is 5.98. The van der Waals surface area contributed by atoms with E-state index in [1.165, 1.54) is 23.4 Å². The SMILES string of the molecule is Fc1cccc(Cl)c1CSC1=Nc2ccccc2C2CC=NN12. The number of hydrazone groups is 1. The summed E-state index contributed by atoms with van der Waals surface area (Å²) in [4.78, 5) is 4.69. The number of hydrogen-bond donors (Lipinski definition) is 0. The molecule has 3 nitrogen and oxygen atoms in total. The van der Waals surface area contributed by atoms with E-state index >= 15 is 0 Å². The van der Waals surface area contributed by atoms with Gasteiger partial charge in [-0.1, -0.05) is 47.6 Å². The van der Waals surface area contributed by atoms with Gasteiger partial charge in [0.2, 0.25) is 0 Å². The number of halogens is 2. The molecule has 2 aliphatic heterocycles. The lowest BCUT2D eigenvalue weighted by molar-refractivity contribution is 0.372. The number of aliphatic imine (C=N–C) groups is 1. The lowest BCUT2D eigenvalue weighted by Crippen LogP contribution is -2.27. The zero-order chi connectivity index (χ0) is 15.8. The van der Waals surface area contributed by atoms with Gasteiger partial charge in [0.1, 0.15) is 5.82 Å². The summed E-state index contributed by atoms with van der Waals surface area (Å²) >= 11 is 7.56. The largest absolute Gasteiger partial charge is 0.235 e. The number of fused-ring (bicyclic) bond motifs is 3.